The molecule has 1 fully saturated rings. The summed E-state index contributed by atoms with van der Waals surface area (Å²) in [4.78, 5) is 14.5. The predicted octanol–water partition coefficient (Wildman–Crippen LogP) is 2.56. The van der Waals surface area contributed by atoms with Gasteiger partial charge in [0, 0.05) is 26.2 Å². The summed E-state index contributed by atoms with van der Waals surface area (Å²) in [5.74, 6) is 0. The van der Waals surface area contributed by atoms with Crippen LogP contribution in [0.2, 0.25) is 0 Å². The van der Waals surface area contributed by atoms with Gasteiger partial charge in [-0.3, -0.25) is 4.90 Å². The van der Waals surface area contributed by atoms with Crippen LogP contribution >= 0.6 is 0 Å². The lowest BCUT2D eigenvalue weighted by atomic mass is 10.0. The number of carbonyl (C=O) groups excluding carboxylic acids is 1. The lowest BCUT2D eigenvalue weighted by molar-refractivity contribution is 0.0167. The number of rotatable bonds is 6. The van der Waals surface area contributed by atoms with E-state index in [4.69, 9.17) is 4.74 Å². The number of nitrogens with one attached hydrogen (secondary N) is 2. The molecule has 2 aromatic rings. The van der Waals surface area contributed by atoms with Crippen molar-refractivity contribution in [2.45, 2.75) is 12.6 Å². The van der Waals surface area contributed by atoms with Crippen LogP contribution in [-0.4, -0.2) is 43.8 Å². The highest BCUT2D eigenvalue weighted by molar-refractivity contribution is 5.73. The van der Waals surface area contributed by atoms with Crippen molar-refractivity contribution in [2.24, 2.45) is 0 Å². The van der Waals surface area contributed by atoms with Crippen LogP contribution in [0, 0.1) is 0 Å². The number of ether oxygens (including phenoxy) is 1. The quantitative estimate of drug-likeness (QED) is 0.850. The average Bonchev–Trinajstić information content (AvgIpc) is 2.69. The molecule has 1 unspecified atom stereocenters. The van der Waals surface area contributed by atoms with E-state index in [-0.39, 0.29) is 12.1 Å². The van der Waals surface area contributed by atoms with Crippen molar-refractivity contribution in [1.82, 2.24) is 15.5 Å². The Labute approximate surface area is 149 Å². The van der Waals surface area contributed by atoms with Gasteiger partial charge in [-0.15, -0.1) is 0 Å². The lowest BCUT2D eigenvalue weighted by Gasteiger charge is -2.34. The molecule has 2 amide bonds. The Morgan fingerprint density at radius 1 is 0.960 bits per heavy atom. The summed E-state index contributed by atoms with van der Waals surface area (Å²) in [5.41, 5.74) is 2.30. The van der Waals surface area contributed by atoms with Crippen molar-refractivity contribution >= 4 is 6.03 Å². The fraction of sp³-hybridized carbons (Fsp3) is 0.350. The molecule has 25 heavy (non-hydrogen) atoms. The van der Waals surface area contributed by atoms with Gasteiger partial charge in [0.25, 0.3) is 0 Å². The van der Waals surface area contributed by atoms with E-state index in [1.165, 1.54) is 5.56 Å². The van der Waals surface area contributed by atoms with E-state index in [9.17, 15) is 4.79 Å². The molecular weight excluding hydrogens is 314 g/mol. The fourth-order valence-corrected chi connectivity index (χ4v) is 3.05. The lowest BCUT2D eigenvalue weighted by Crippen LogP contribution is -2.45. The third-order valence-electron chi connectivity index (χ3n) is 4.42. The number of nitrogens with zero attached hydrogens (tertiary/aromatic N) is 1. The van der Waals surface area contributed by atoms with Gasteiger partial charge in [0.15, 0.2) is 0 Å². The second kappa shape index (κ2) is 9.20. The molecule has 1 aliphatic rings. The van der Waals surface area contributed by atoms with Crippen molar-refractivity contribution in [3.8, 4) is 0 Å². The maximum atomic E-state index is 12.2. The molecule has 0 aromatic heterocycles. The normalized spacial score (nSPS) is 16.2. The smallest absolute Gasteiger partial charge is 0.315 e. The van der Waals surface area contributed by atoms with Crippen LogP contribution in [0.15, 0.2) is 60.7 Å². The number of hydrogen-bond donors (Lipinski definition) is 2. The van der Waals surface area contributed by atoms with E-state index in [1.54, 1.807) is 0 Å². The second-order valence-electron chi connectivity index (χ2n) is 6.12. The second-order valence-corrected chi connectivity index (χ2v) is 6.12. The summed E-state index contributed by atoms with van der Waals surface area (Å²) in [6.45, 7) is 4.34. The number of benzene rings is 2. The predicted molar refractivity (Wildman–Crippen MR) is 98.3 cm³/mol. The Morgan fingerprint density at radius 3 is 2.28 bits per heavy atom. The zero-order valence-electron chi connectivity index (χ0n) is 14.4. The minimum atomic E-state index is -0.141. The van der Waals surface area contributed by atoms with Crippen LogP contribution in [0.1, 0.15) is 17.2 Å². The molecule has 2 aromatic carbocycles. The first-order chi connectivity index (χ1) is 12.3. The van der Waals surface area contributed by atoms with Crippen molar-refractivity contribution in [3.05, 3.63) is 71.8 Å². The van der Waals surface area contributed by atoms with Crippen molar-refractivity contribution in [2.75, 3.05) is 32.8 Å². The third-order valence-corrected chi connectivity index (χ3v) is 4.42. The van der Waals surface area contributed by atoms with Gasteiger partial charge in [0.2, 0.25) is 0 Å². The highest BCUT2D eigenvalue weighted by Gasteiger charge is 2.22. The summed E-state index contributed by atoms with van der Waals surface area (Å²) < 4.78 is 5.46. The first-order valence-corrected chi connectivity index (χ1v) is 8.75. The number of urea groups is 1. The molecule has 0 aliphatic carbocycles. The van der Waals surface area contributed by atoms with Crippen molar-refractivity contribution in [1.29, 1.82) is 0 Å². The summed E-state index contributed by atoms with van der Waals surface area (Å²) in [6.07, 6.45) is 0. The summed E-state index contributed by atoms with van der Waals surface area (Å²) in [7, 11) is 0. The van der Waals surface area contributed by atoms with E-state index < -0.39 is 0 Å². The zero-order chi connectivity index (χ0) is 17.3. The standard InChI is InChI=1S/C20H25N3O2/c24-20(21-15-17-7-3-1-4-8-17)22-16-19(18-9-5-2-6-10-18)23-11-13-25-14-12-23/h1-10,19H,11-16H2,(H2,21,22,24). The van der Waals surface area contributed by atoms with Gasteiger partial charge in [-0.05, 0) is 11.1 Å². The van der Waals surface area contributed by atoms with Crippen LogP contribution in [0.5, 0.6) is 0 Å². The summed E-state index contributed by atoms with van der Waals surface area (Å²) in [6, 6.07) is 20.3. The van der Waals surface area contributed by atoms with Crippen LogP contribution < -0.4 is 10.6 Å². The number of carbonyl (C=O) groups is 1. The molecule has 5 nitrogen and oxygen atoms in total. The monoisotopic (exact) mass is 339 g/mol. The Morgan fingerprint density at radius 2 is 1.60 bits per heavy atom. The summed E-state index contributed by atoms with van der Waals surface area (Å²) in [5, 5.41) is 5.93. The molecule has 0 spiro atoms. The number of amides is 2. The molecule has 0 saturated carbocycles. The molecule has 0 radical (unpaired) electrons. The van der Waals surface area contributed by atoms with Crippen molar-refractivity contribution < 1.29 is 9.53 Å². The average molecular weight is 339 g/mol. The van der Waals surface area contributed by atoms with Gasteiger partial charge < -0.3 is 15.4 Å². The van der Waals surface area contributed by atoms with E-state index in [2.05, 4.69) is 27.7 Å². The summed E-state index contributed by atoms with van der Waals surface area (Å²) >= 11 is 0. The molecule has 0 bridgehead atoms. The third kappa shape index (κ3) is 5.31. The minimum absolute atomic E-state index is 0.141. The molecule has 5 heteroatoms. The molecule has 132 valence electrons. The first-order valence-electron chi connectivity index (χ1n) is 8.75. The molecule has 1 aliphatic heterocycles. The minimum Gasteiger partial charge on any atom is -0.379 e. The SMILES string of the molecule is O=C(NCc1ccccc1)NCC(c1ccccc1)N1CCOCC1. The van der Waals surface area contributed by atoms with Gasteiger partial charge in [0.1, 0.15) is 0 Å². The van der Waals surface area contributed by atoms with Crippen LogP contribution in [0.4, 0.5) is 4.79 Å². The molecule has 1 saturated heterocycles. The molecule has 1 heterocycles. The fourth-order valence-electron chi connectivity index (χ4n) is 3.05. The van der Waals surface area contributed by atoms with Gasteiger partial charge in [0.05, 0.1) is 19.3 Å². The Kier molecular flexibility index (Phi) is 6.42. The van der Waals surface area contributed by atoms with Crippen LogP contribution in [0.25, 0.3) is 0 Å². The topological polar surface area (TPSA) is 53.6 Å². The Bertz CT molecular complexity index is 643. The number of hydrogen-bond acceptors (Lipinski definition) is 3. The molecule has 3 rings (SSSR count). The van der Waals surface area contributed by atoms with Crippen LogP contribution in [-0.2, 0) is 11.3 Å². The Balaban J connectivity index is 1.55. The largest absolute Gasteiger partial charge is 0.379 e. The van der Waals surface area contributed by atoms with E-state index in [1.807, 2.05) is 48.5 Å². The van der Waals surface area contributed by atoms with Gasteiger partial charge in [-0.25, -0.2) is 4.79 Å². The van der Waals surface area contributed by atoms with E-state index >= 15 is 0 Å². The highest BCUT2D eigenvalue weighted by Crippen LogP contribution is 2.20. The van der Waals surface area contributed by atoms with E-state index in [0.717, 1.165) is 31.9 Å². The van der Waals surface area contributed by atoms with Gasteiger partial charge in [-0.1, -0.05) is 60.7 Å². The van der Waals surface area contributed by atoms with E-state index in [0.29, 0.717) is 13.1 Å². The number of morpholine rings is 1. The maximum absolute atomic E-state index is 12.2. The zero-order valence-corrected chi connectivity index (χ0v) is 14.4. The molecule has 1 atom stereocenters. The van der Waals surface area contributed by atoms with Crippen LogP contribution in [0.3, 0.4) is 0 Å². The van der Waals surface area contributed by atoms with Gasteiger partial charge >= 0.3 is 6.03 Å². The van der Waals surface area contributed by atoms with Gasteiger partial charge in [-0.2, -0.15) is 0 Å². The Hall–Kier alpha value is -2.37. The molecule has 2 N–H and O–H groups in total. The molecular formula is C20H25N3O2. The first kappa shape index (κ1) is 17.5. The van der Waals surface area contributed by atoms with Crippen molar-refractivity contribution in [3.63, 3.8) is 0 Å². The maximum Gasteiger partial charge on any atom is 0.315 e. The highest BCUT2D eigenvalue weighted by atomic mass is 16.5.